The molecule has 36 heavy (non-hydrogen) atoms. The minimum Gasteiger partial charge on any atom is -0.493 e. The number of nitrogens with zero attached hydrogens (tertiary/aromatic N) is 3. The van der Waals surface area contributed by atoms with Crippen LogP contribution in [0.15, 0.2) is 52.1 Å². The minimum atomic E-state index is -0.511. The molecule has 2 aliphatic rings. The monoisotopic (exact) mass is 528 g/mol. The molecule has 2 aromatic rings. The number of methoxy groups -OCH3 is 2. The Labute approximate surface area is 218 Å². The van der Waals surface area contributed by atoms with Crippen molar-refractivity contribution in [1.29, 1.82) is 5.41 Å². The van der Waals surface area contributed by atoms with Crippen molar-refractivity contribution >= 4 is 51.4 Å². The standard InChI is InChI=1S/C25H25ClN4O5S/c1-14(2)24-29-30-22(27)16(23(31)28-25(30)36-24)11-15-12-17(26)21(20(13-15)33-4)35-10-9-34-19-8-6-5-7-18(19)32-3/h5-8,11-14,27H,9-10H2,1-4H3/b16-11-,27-22?. The lowest BCUT2D eigenvalue weighted by Crippen LogP contribution is -2.35. The van der Waals surface area contributed by atoms with E-state index in [0.717, 1.165) is 5.04 Å². The molecule has 0 fully saturated rings. The molecule has 0 saturated heterocycles. The third-order valence-corrected chi connectivity index (χ3v) is 6.67. The van der Waals surface area contributed by atoms with E-state index in [1.807, 2.05) is 38.1 Å². The zero-order valence-electron chi connectivity index (χ0n) is 20.2. The molecular weight excluding hydrogens is 504 g/mol. The summed E-state index contributed by atoms with van der Waals surface area (Å²) >= 11 is 7.79. The fourth-order valence-electron chi connectivity index (χ4n) is 3.40. The zero-order chi connectivity index (χ0) is 25.8. The van der Waals surface area contributed by atoms with Gasteiger partial charge in [-0.3, -0.25) is 10.2 Å². The summed E-state index contributed by atoms with van der Waals surface area (Å²) in [4.78, 5) is 16.8. The van der Waals surface area contributed by atoms with Gasteiger partial charge in [0.25, 0.3) is 5.91 Å². The van der Waals surface area contributed by atoms with Crippen LogP contribution in [0.4, 0.5) is 0 Å². The maximum atomic E-state index is 12.7. The number of halogens is 1. The van der Waals surface area contributed by atoms with E-state index in [1.165, 1.54) is 23.9 Å². The quantitative estimate of drug-likeness (QED) is 0.357. The smallest absolute Gasteiger partial charge is 0.283 e. The van der Waals surface area contributed by atoms with E-state index >= 15 is 0 Å². The Bertz CT molecular complexity index is 1290. The molecule has 0 aliphatic carbocycles. The number of hydrogen-bond acceptors (Lipinski definition) is 8. The first kappa shape index (κ1) is 25.6. The highest BCUT2D eigenvalue weighted by atomic mass is 35.5. The first-order valence-corrected chi connectivity index (χ1v) is 12.3. The summed E-state index contributed by atoms with van der Waals surface area (Å²) < 4.78 is 22.3. The van der Waals surface area contributed by atoms with Crippen molar-refractivity contribution in [2.75, 3.05) is 27.4 Å². The molecule has 0 unspecified atom stereocenters. The Kier molecular flexibility index (Phi) is 7.85. The average molecular weight is 529 g/mol. The van der Waals surface area contributed by atoms with Crippen LogP contribution in [-0.4, -0.2) is 54.4 Å². The molecule has 0 saturated carbocycles. The fourth-order valence-corrected chi connectivity index (χ4v) is 4.57. The number of amidine groups is 2. The molecule has 2 heterocycles. The molecular formula is C25H25ClN4O5S. The van der Waals surface area contributed by atoms with Gasteiger partial charge in [-0.25, -0.2) is 0 Å². The third kappa shape index (κ3) is 5.34. The molecule has 0 spiro atoms. The Hall–Kier alpha value is -3.50. The molecule has 2 aromatic carbocycles. The van der Waals surface area contributed by atoms with Crippen LogP contribution < -0.4 is 18.9 Å². The van der Waals surface area contributed by atoms with E-state index in [0.29, 0.717) is 33.7 Å². The summed E-state index contributed by atoms with van der Waals surface area (Å²) in [5.74, 6) is 1.56. The van der Waals surface area contributed by atoms with Gasteiger partial charge in [0.15, 0.2) is 28.8 Å². The fraction of sp³-hybridized carbons (Fsp3) is 0.280. The van der Waals surface area contributed by atoms with Crippen molar-refractivity contribution in [3.8, 4) is 23.0 Å². The van der Waals surface area contributed by atoms with Crippen LogP contribution in [0.2, 0.25) is 5.02 Å². The number of ether oxygens (including phenoxy) is 4. The van der Waals surface area contributed by atoms with Gasteiger partial charge < -0.3 is 18.9 Å². The number of para-hydroxylation sites is 2. The largest absolute Gasteiger partial charge is 0.493 e. The molecule has 0 radical (unpaired) electrons. The second kappa shape index (κ2) is 11.0. The van der Waals surface area contributed by atoms with Gasteiger partial charge in [-0.1, -0.05) is 37.6 Å². The predicted octanol–water partition coefficient (Wildman–Crippen LogP) is 5.09. The second-order valence-corrected chi connectivity index (χ2v) is 9.39. The SMILES string of the molecule is COc1ccccc1OCCOc1c(Cl)cc(/C=C2/C(=N)N3N=C(C(C)C)SC3=NC2=O)cc1OC. The number of amides is 1. The lowest BCUT2D eigenvalue weighted by molar-refractivity contribution is -0.114. The zero-order valence-corrected chi connectivity index (χ0v) is 21.8. The molecule has 9 nitrogen and oxygen atoms in total. The summed E-state index contributed by atoms with van der Waals surface area (Å²) in [7, 11) is 3.07. The number of benzene rings is 2. The molecule has 4 rings (SSSR count). The Morgan fingerprint density at radius 1 is 1.08 bits per heavy atom. The molecule has 0 aromatic heterocycles. The summed E-state index contributed by atoms with van der Waals surface area (Å²) in [5.41, 5.74) is 0.659. The number of nitrogens with one attached hydrogen (secondary N) is 1. The summed E-state index contributed by atoms with van der Waals surface area (Å²) in [6, 6.07) is 10.6. The van der Waals surface area contributed by atoms with Gasteiger partial charge in [-0.2, -0.15) is 15.1 Å². The Morgan fingerprint density at radius 3 is 2.47 bits per heavy atom. The van der Waals surface area contributed by atoms with E-state index in [9.17, 15) is 4.79 Å². The van der Waals surface area contributed by atoms with Crippen molar-refractivity contribution in [3.05, 3.63) is 52.6 Å². The van der Waals surface area contributed by atoms with Crippen LogP contribution in [0, 0.1) is 11.3 Å². The minimum absolute atomic E-state index is 0.0444. The van der Waals surface area contributed by atoms with E-state index < -0.39 is 5.91 Å². The van der Waals surface area contributed by atoms with Gasteiger partial charge in [-0.15, -0.1) is 0 Å². The number of carbonyl (C=O) groups excluding carboxylic acids is 1. The van der Waals surface area contributed by atoms with Crippen LogP contribution in [0.5, 0.6) is 23.0 Å². The van der Waals surface area contributed by atoms with Crippen LogP contribution in [-0.2, 0) is 4.79 Å². The van der Waals surface area contributed by atoms with Crippen LogP contribution in [0.25, 0.3) is 6.08 Å². The van der Waals surface area contributed by atoms with E-state index in [1.54, 1.807) is 25.3 Å². The number of aliphatic imine (C=N–C) groups is 1. The van der Waals surface area contributed by atoms with Gasteiger partial charge in [0, 0.05) is 5.92 Å². The summed E-state index contributed by atoms with van der Waals surface area (Å²) in [6.07, 6.45) is 1.54. The van der Waals surface area contributed by atoms with Crippen molar-refractivity contribution in [2.24, 2.45) is 16.0 Å². The maximum absolute atomic E-state index is 12.7. The first-order chi connectivity index (χ1) is 17.3. The topological polar surface area (TPSA) is 106 Å². The molecule has 1 N–H and O–H groups in total. The summed E-state index contributed by atoms with van der Waals surface area (Å²) in [6.45, 7) is 4.45. The number of hydrazone groups is 1. The number of hydrogen-bond donors (Lipinski definition) is 1. The maximum Gasteiger partial charge on any atom is 0.283 e. The molecule has 11 heteroatoms. The number of carbonyl (C=O) groups is 1. The van der Waals surface area contributed by atoms with E-state index in [-0.39, 0.29) is 35.6 Å². The molecule has 0 atom stereocenters. The van der Waals surface area contributed by atoms with Gasteiger partial charge in [0.05, 0.1) is 24.8 Å². The number of thioether (sulfide) groups is 1. The van der Waals surface area contributed by atoms with Crippen molar-refractivity contribution < 1.29 is 23.7 Å². The normalized spacial score (nSPS) is 16.2. The third-order valence-electron chi connectivity index (χ3n) is 5.18. The average Bonchev–Trinajstić information content (AvgIpc) is 3.30. The Morgan fingerprint density at radius 2 is 1.78 bits per heavy atom. The van der Waals surface area contributed by atoms with Gasteiger partial charge in [-0.05, 0) is 47.7 Å². The molecule has 0 bridgehead atoms. The van der Waals surface area contributed by atoms with E-state index in [2.05, 4.69) is 10.1 Å². The summed E-state index contributed by atoms with van der Waals surface area (Å²) in [5, 5.41) is 15.8. The number of fused-ring (bicyclic) bond motifs is 1. The second-order valence-electron chi connectivity index (χ2n) is 7.99. The predicted molar refractivity (Wildman–Crippen MR) is 142 cm³/mol. The number of rotatable bonds is 9. The molecule has 1 amide bonds. The van der Waals surface area contributed by atoms with Crippen molar-refractivity contribution in [2.45, 2.75) is 13.8 Å². The molecule has 188 valence electrons. The Balaban J connectivity index is 1.49. The highest BCUT2D eigenvalue weighted by molar-refractivity contribution is 8.27. The highest BCUT2D eigenvalue weighted by Crippen LogP contribution is 2.38. The highest BCUT2D eigenvalue weighted by Gasteiger charge is 2.36. The van der Waals surface area contributed by atoms with Gasteiger partial charge in [0.1, 0.15) is 18.3 Å². The molecule has 2 aliphatic heterocycles. The van der Waals surface area contributed by atoms with E-state index in [4.69, 9.17) is 36.0 Å². The van der Waals surface area contributed by atoms with Crippen molar-refractivity contribution in [3.63, 3.8) is 0 Å². The first-order valence-electron chi connectivity index (χ1n) is 11.1. The van der Waals surface area contributed by atoms with Crippen LogP contribution >= 0.6 is 23.4 Å². The van der Waals surface area contributed by atoms with Gasteiger partial charge in [0.2, 0.25) is 5.17 Å². The van der Waals surface area contributed by atoms with Crippen molar-refractivity contribution in [1.82, 2.24) is 5.01 Å². The lowest BCUT2D eigenvalue weighted by Gasteiger charge is -2.20. The van der Waals surface area contributed by atoms with Crippen LogP contribution in [0.1, 0.15) is 19.4 Å². The lowest BCUT2D eigenvalue weighted by atomic mass is 10.1. The van der Waals surface area contributed by atoms with Gasteiger partial charge >= 0.3 is 0 Å². The van der Waals surface area contributed by atoms with Crippen LogP contribution in [0.3, 0.4) is 0 Å².